The van der Waals surface area contributed by atoms with Gasteiger partial charge in [0.2, 0.25) is 0 Å². The zero-order chi connectivity index (χ0) is 13.4. The molecular weight excluding hydrogens is 367 g/mol. The summed E-state index contributed by atoms with van der Waals surface area (Å²) in [5.74, 6) is 1.16. The lowest BCUT2D eigenvalue weighted by Gasteiger charge is -2.12. The van der Waals surface area contributed by atoms with Gasteiger partial charge in [0, 0.05) is 11.3 Å². The Morgan fingerprint density at radius 3 is 2.58 bits per heavy atom. The maximum Gasteiger partial charge on any atom is 0.171 e. The third-order valence-corrected chi connectivity index (χ3v) is 5.92. The Kier molecular flexibility index (Phi) is 4.13. The summed E-state index contributed by atoms with van der Waals surface area (Å²) in [6.45, 7) is 0. The molecule has 2 nitrogen and oxygen atoms in total. The first-order valence-corrected chi connectivity index (χ1v) is 8.55. The molecule has 3 rings (SSSR count). The maximum absolute atomic E-state index is 6.23. The average molecular weight is 378 g/mol. The molecule has 2 aromatic heterocycles. The highest BCUT2D eigenvalue weighted by atomic mass is 79.9. The summed E-state index contributed by atoms with van der Waals surface area (Å²) in [5, 5.41) is 3.08. The Morgan fingerprint density at radius 2 is 1.95 bits per heavy atom. The van der Waals surface area contributed by atoms with Gasteiger partial charge in [-0.2, -0.15) is 0 Å². The molecule has 0 atom stereocenters. The van der Waals surface area contributed by atoms with Gasteiger partial charge < -0.3 is 0 Å². The SMILES string of the molecule is Clc1csc(-c2nc(Cl)c(Br)c(C3CCCC3)n2)c1. The molecule has 0 unspecified atom stereocenters. The zero-order valence-corrected chi connectivity index (χ0v) is 13.9. The first-order chi connectivity index (χ1) is 9.15. The van der Waals surface area contributed by atoms with Crippen molar-refractivity contribution in [3.63, 3.8) is 0 Å². The third kappa shape index (κ3) is 2.82. The first kappa shape index (κ1) is 13.8. The summed E-state index contributed by atoms with van der Waals surface area (Å²) in [6.07, 6.45) is 4.88. The van der Waals surface area contributed by atoms with Crippen LogP contribution in [0.25, 0.3) is 10.7 Å². The molecule has 0 aliphatic heterocycles. The molecule has 19 heavy (non-hydrogen) atoms. The molecule has 2 heterocycles. The number of hydrogen-bond acceptors (Lipinski definition) is 3. The van der Waals surface area contributed by atoms with E-state index in [1.165, 1.54) is 37.0 Å². The summed E-state index contributed by atoms with van der Waals surface area (Å²) in [5.41, 5.74) is 1.04. The van der Waals surface area contributed by atoms with Gasteiger partial charge in [0.05, 0.1) is 20.1 Å². The van der Waals surface area contributed by atoms with E-state index in [2.05, 4.69) is 20.9 Å². The molecule has 0 spiro atoms. The van der Waals surface area contributed by atoms with Crippen molar-refractivity contribution in [1.29, 1.82) is 0 Å². The second kappa shape index (κ2) is 5.68. The lowest BCUT2D eigenvalue weighted by atomic mass is 10.0. The molecule has 100 valence electrons. The fourth-order valence-electron chi connectivity index (χ4n) is 2.45. The van der Waals surface area contributed by atoms with Crippen LogP contribution in [-0.4, -0.2) is 9.97 Å². The lowest BCUT2D eigenvalue weighted by Crippen LogP contribution is -2.02. The molecule has 0 amide bonds. The second-order valence-electron chi connectivity index (χ2n) is 4.65. The van der Waals surface area contributed by atoms with E-state index in [9.17, 15) is 0 Å². The Hall–Kier alpha value is -0.160. The van der Waals surface area contributed by atoms with Crippen LogP contribution < -0.4 is 0 Å². The number of nitrogens with zero attached hydrogens (tertiary/aromatic N) is 2. The van der Waals surface area contributed by atoms with E-state index in [-0.39, 0.29) is 0 Å². The van der Waals surface area contributed by atoms with Gasteiger partial charge in [0.1, 0.15) is 5.15 Å². The predicted octanol–water partition coefficient (Wildman–Crippen LogP) is 5.93. The van der Waals surface area contributed by atoms with E-state index in [0.717, 1.165) is 15.0 Å². The zero-order valence-electron chi connectivity index (χ0n) is 10.00. The van der Waals surface area contributed by atoms with Gasteiger partial charge in [-0.3, -0.25) is 0 Å². The van der Waals surface area contributed by atoms with Crippen LogP contribution in [0.1, 0.15) is 37.3 Å². The van der Waals surface area contributed by atoms with Gasteiger partial charge in [-0.25, -0.2) is 9.97 Å². The Morgan fingerprint density at radius 1 is 1.21 bits per heavy atom. The van der Waals surface area contributed by atoms with Gasteiger partial charge in [-0.1, -0.05) is 36.0 Å². The molecule has 1 fully saturated rings. The van der Waals surface area contributed by atoms with Gasteiger partial charge in [-0.15, -0.1) is 11.3 Å². The highest BCUT2D eigenvalue weighted by Gasteiger charge is 2.24. The highest BCUT2D eigenvalue weighted by molar-refractivity contribution is 9.10. The fraction of sp³-hybridized carbons (Fsp3) is 0.385. The maximum atomic E-state index is 6.23. The lowest BCUT2D eigenvalue weighted by molar-refractivity contribution is 0.691. The van der Waals surface area contributed by atoms with Crippen molar-refractivity contribution < 1.29 is 0 Å². The molecular formula is C13H11BrCl2N2S. The van der Waals surface area contributed by atoms with Gasteiger partial charge in [-0.05, 0) is 34.8 Å². The van der Waals surface area contributed by atoms with E-state index >= 15 is 0 Å². The van der Waals surface area contributed by atoms with Gasteiger partial charge in [0.15, 0.2) is 5.82 Å². The standard InChI is InChI=1S/C13H11BrCl2N2S/c14-10-11(7-3-1-2-4-7)17-13(18-12(10)16)9-5-8(15)6-19-9/h5-7H,1-4H2. The van der Waals surface area contributed by atoms with Crippen molar-refractivity contribution in [2.45, 2.75) is 31.6 Å². The summed E-state index contributed by atoms with van der Waals surface area (Å²) >= 11 is 17.2. The first-order valence-electron chi connectivity index (χ1n) is 6.12. The van der Waals surface area contributed by atoms with Crippen LogP contribution >= 0.6 is 50.5 Å². The molecule has 1 saturated carbocycles. The van der Waals surface area contributed by atoms with E-state index in [0.29, 0.717) is 21.9 Å². The van der Waals surface area contributed by atoms with E-state index in [4.69, 9.17) is 28.2 Å². The summed E-state index contributed by atoms with van der Waals surface area (Å²) in [6, 6.07) is 1.88. The minimum atomic E-state index is 0.483. The largest absolute Gasteiger partial charge is 0.231 e. The van der Waals surface area contributed by atoms with Crippen molar-refractivity contribution in [1.82, 2.24) is 9.97 Å². The quantitative estimate of drug-likeness (QED) is 0.606. The molecule has 1 aliphatic carbocycles. The monoisotopic (exact) mass is 376 g/mol. The van der Waals surface area contributed by atoms with Crippen molar-refractivity contribution in [2.75, 3.05) is 0 Å². The van der Waals surface area contributed by atoms with Crippen LogP contribution in [0.2, 0.25) is 10.2 Å². The number of hydrogen-bond donors (Lipinski definition) is 0. The average Bonchev–Trinajstić information content (AvgIpc) is 3.03. The molecule has 0 bridgehead atoms. The summed E-state index contributed by atoms with van der Waals surface area (Å²) in [7, 11) is 0. The van der Waals surface area contributed by atoms with Crippen LogP contribution in [-0.2, 0) is 0 Å². The molecule has 0 aromatic carbocycles. The van der Waals surface area contributed by atoms with Crippen LogP contribution in [0.4, 0.5) is 0 Å². The molecule has 1 aliphatic rings. The minimum absolute atomic E-state index is 0.483. The third-order valence-electron chi connectivity index (χ3n) is 3.37. The van der Waals surface area contributed by atoms with Crippen molar-refractivity contribution >= 4 is 50.5 Å². The molecule has 0 N–H and O–H groups in total. The molecule has 0 radical (unpaired) electrons. The van der Waals surface area contributed by atoms with Crippen LogP contribution in [0.15, 0.2) is 15.9 Å². The van der Waals surface area contributed by atoms with E-state index < -0.39 is 0 Å². The van der Waals surface area contributed by atoms with Crippen LogP contribution in [0.3, 0.4) is 0 Å². The number of halogens is 3. The predicted molar refractivity (Wildman–Crippen MR) is 84.3 cm³/mol. The van der Waals surface area contributed by atoms with Gasteiger partial charge >= 0.3 is 0 Å². The topological polar surface area (TPSA) is 25.8 Å². The fourth-order valence-corrected chi connectivity index (χ4v) is 4.13. The van der Waals surface area contributed by atoms with Crippen LogP contribution in [0, 0.1) is 0 Å². The highest BCUT2D eigenvalue weighted by Crippen LogP contribution is 2.40. The van der Waals surface area contributed by atoms with Crippen molar-refractivity contribution in [3.8, 4) is 10.7 Å². The van der Waals surface area contributed by atoms with Crippen molar-refractivity contribution in [3.05, 3.63) is 31.8 Å². The molecule has 6 heteroatoms. The van der Waals surface area contributed by atoms with E-state index in [1.807, 2.05) is 11.4 Å². The van der Waals surface area contributed by atoms with E-state index in [1.54, 1.807) is 0 Å². The van der Waals surface area contributed by atoms with Crippen molar-refractivity contribution in [2.24, 2.45) is 0 Å². The molecule has 0 saturated heterocycles. The number of thiophene rings is 1. The normalized spacial score (nSPS) is 16.2. The van der Waals surface area contributed by atoms with Gasteiger partial charge in [0.25, 0.3) is 0 Å². The summed E-state index contributed by atoms with van der Waals surface area (Å²) < 4.78 is 0.840. The number of rotatable bonds is 2. The van der Waals surface area contributed by atoms with Crippen LogP contribution in [0.5, 0.6) is 0 Å². The Balaban J connectivity index is 2.06. The summed E-state index contributed by atoms with van der Waals surface area (Å²) in [4.78, 5) is 10.0. The Labute approximate surface area is 134 Å². The Bertz CT molecular complexity index is 609. The number of aromatic nitrogens is 2. The second-order valence-corrected chi connectivity index (χ2v) is 7.15. The minimum Gasteiger partial charge on any atom is -0.231 e. The molecule has 2 aromatic rings. The smallest absolute Gasteiger partial charge is 0.171 e.